The van der Waals surface area contributed by atoms with Crippen LogP contribution in [0.15, 0.2) is 41.3 Å². The average Bonchev–Trinajstić information content (AvgIpc) is 2.50. The minimum Gasteiger partial charge on any atom is -0.326 e. The molecule has 2 aromatic carbocycles. The fourth-order valence-corrected chi connectivity index (χ4v) is 4.66. The van der Waals surface area contributed by atoms with Crippen molar-refractivity contribution in [1.82, 2.24) is 0 Å². The maximum atomic E-state index is 13.1. The van der Waals surface area contributed by atoms with E-state index < -0.39 is 10.0 Å². The molecule has 5 nitrogen and oxygen atoms in total. The van der Waals surface area contributed by atoms with Crippen LogP contribution in [-0.4, -0.2) is 20.9 Å². The van der Waals surface area contributed by atoms with Gasteiger partial charge in [0, 0.05) is 19.2 Å². The number of sulfonamides is 1. The molecule has 0 aliphatic carbocycles. The highest BCUT2D eigenvalue weighted by Crippen LogP contribution is 2.31. The van der Waals surface area contributed by atoms with Crippen LogP contribution >= 0.6 is 0 Å². The van der Waals surface area contributed by atoms with Crippen LogP contribution in [0, 0.1) is 20.8 Å². The lowest BCUT2D eigenvalue weighted by molar-refractivity contribution is -0.114. The number of aryl methyl sites for hydroxylation is 3. The summed E-state index contributed by atoms with van der Waals surface area (Å²) in [4.78, 5) is 11.3. The standard InChI is InChI=1S/C19H24N2O3S/c1-6-21(19-14(3)11-13(2)12-15(19)4)25(23,24)18-9-7-17(8-10-18)20-16(5)22/h7-12H,6H2,1-5H3,(H,20,22). The number of carbonyl (C=O) groups is 1. The highest BCUT2D eigenvalue weighted by atomic mass is 32.2. The number of rotatable bonds is 5. The number of benzene rings is 2. The molecule has 0 heterocycles. The Morgan fingerprint density at radius 2 is 1.56 bits per heavy atom. The number of nitrogens with zero attached hydrogens (tertiary/aromatic N) is 1. The van der Waals surface area contributed by atoms with E-state index in [1.807, 2.05) is 39.8 Å². The predicted molar refractivity (Wildman–Crippen MR) is 102 cm³/mol. The summed E-state index contributed by atoms with van der Waals surface area (Å²) < 4.78 is 27.7. The normalized spacial score (nSPS) is 11.2. The highest BCUT2D eigenvalue weighted by molar-refractivity contribution is 7.92. The summed E-state index contributed by atoms with van der Waals surface area (Å²) in [5.74, 6) is -0.198. The highest BCUT2D eigenvalue weighted by Gasteiger charge is 2.26. The van der Waals surface area contributed by atoms with Crippen molar-refractivity contribution in [2.45, 2.75) is 39.5 Å². The van der Waals surface area contributed by atoms with Crippen molar-refractivity contribution >= 4 is 27.3 Å². The number of hydrogen-bond acceptors (Lipinski definition) is 3. The molecule has 0 aliphatic rings. The molecule has 0 aliphatic heterocycles. The van der Waals surface area contributed by atoms with Gasteiger partial charge in [-0.2, -0.15) is 0 Å². The molecule has 0 fully saturated rings. The third kappa shape index (κ3) is 4.02. The van der Waals surface area contributed by atoms with E-state index in [-0.39, 0.29) is 10.8 Å². The van der Waals surface area contributed by atoms with Gasteiger partial charge in [0.2, 0.25) is 5.91 Å². The summed E-state index contributed by atoms with van der Waals surface area (Å²) in [6.45, 7) is 9.41. The molecule has 1 amide bonds. The second-order valence-corrected chi connectivity index (χ2v) is 7.98. The third-order valence-electron chi connectivity index (χ3n) is 3.93. The smallest absolute Gasteiger partial charge is 0.264 e. The van der Waals surface area contributed by atoms with Crippen molar-refractivity contribution in [3.63, 3.8) is 0 Å². The molecule has 0 aromatic heterocycles. The molecule has 0 atom stereocenters. The summed E-state index contributed by atoms with van der Waals surface area (Å²) in [5, 5.41) is 2.64. The quantitative estimate of drug-likeness (QED) is 0.882. The second-order valence-electron chi connectivity index (χ2n) is 6.12. The molecule has 1 N–H and O–H groups in total. The van der Waals surface area contributed by atoms with Crippen LogP contribution in [0.4, 0.5) is 11.4 Å². The Balaban J connectivity index is 2.48. The number of carbonyl (C=O) groups excluding carboxylic acids is 1. The lowest BCUT2D eigenvalue weighted by Gasteiger charge is -2.27. The molecule has 0 bridgehead atoms. The summed E-state index contributed by atoms with van der Waals surface area (Å²) in [5.41, 5.74) is 4.25. The fourth-order valence-electron chi connectivity index (χ4n) is 3.05. The van der Waals surface area contributed by atoms with Crippen LogP contribution in [0.5, 0.6) is 0 Å². The Morgan fingerprint density at radius 3 is 2.00 bits per heavy atom. The van der Waals surface area contributed by atoms with Gasteiger partial charge in [0.1, 0.15) is 0 Å². The molecular formula is C19H24N2O3S. The van der Waals surface area contributed by atoms with E-state index in [1.54, 1.807) is 12.1 Å². The Kier molecular flexibility index (Phi) is 5.52. The second kappa shape index (κ2) is 7.27. The van der Waals surface area contributed by atoms with Crippen molar-refractivity contribution in [2.75, 3.05) is 16.2 Å². The Labute approximate surface area is 149 Å². The Hall–Kier alpha value is -2.34. The molecule has 0 unspecified atom stereocenters. The zero-order chi connectivity index (χ0) is 18.8. The van der Waals surface area contributed by atoms with E-state index in [0.29, 0.717) is 12.2 Å². The summed E-state index contributed by atoms with van der Waals surface area (Å²) in [6, 6.07) is 10.2. The zero-order valence-electron chi connectivity index (χ0n) is 15.3. The molecule has 0 radical (unpaired) electrons. The molecule has 0 spiro atoms. The van der Waals surface area contributed by atoms with Gasteiger partial charge in [-0.3, -0.25) is 9.10 Å². The molecule has 25 heavy (non-hydrogen) atoms. The van der Waals surface area contributed by atoms with Gasteiger partial charge in [-0.25, -0.2) is 8.42 Å². The van der Waals surface area contributed by atoms with Crippen LogP contribution in [-0.2, 0) is 14.8 Å². The van der Waals surface area contributed by atoms with Crippen LogP contribution in [0.3, 0.4) is 0 Å². The van der Waals surface area contributed by atoms with Crippen LogP contribution in [0.2, 0.25) is 0 Å². The van der Waals surface area contributed by atoms with Gasteiger partial charge in [-0.05, 0) is 63.1 Å². The van der Waals surface area contributed by atoms with Crippen molar-refractivity contribution in [3.8, 4) is 0 Å². The van der Waals surface area contributed by atoms with Gasteiger partial charge < -0.3 is 5.32 Å². The van der Waals surface area contributed by atoms with Gasteiger partial charge in [0.05, 0.1) is 10.6 Å². The maximum Gasteiger partial charge on any atom is 0.264 e. The van der Waals surface area contributed by atoms with Crippen molar-refractivity contribution < 1.29 is 13.2 Å². The largest absolute Gasteiger partial charge is 0.326 e. The van der Waals surface area contributed by atoms with E-state index in [2.05, 4.69) is 5.32 Å². The minimum atomic E-state index is -3.69. The Morgan fingerprint density at radius 1 is 1.04 bits per heavy atom. The molecular weight excluding hydrogens is 336 g/mol. The number of hydrogen-bond donors (Lipinski definition) is 1. The number of amides is 1. The molecule has 2 aromatic rings. The molecule has 2 rings (SSSR count). The number of nitrogens with one attached hydrogen (secondary N) is 1. The van der Waals surface area contributed by atoms with Gasteiger partial charge in [0.25, 0.3) is 10.0 Å². The third-order valence-corrected chi connectivity index (χ3v) is 5.82. The SMILES string of the molecule is CCN(c1c(C)cc(C)cc1C)S(=O)(=O)c1ccc(NC(C)=O)cc1. The van der Waals surface area contributed by atoms with Crippen LogP contribution in [0.1, 0.15) is 30.5 Å². The van der Waals surface area contributed by atoms with Crippen molar-refractivity contribution in [3.05, 3.63) is 53.1 Å². The van der Waals surface area contributed by atoms with Crippen LogP contribution in [0.25, 0.3) is 0 Å². The van der Waals surface area contributed by atoms with Gasteiger partial charge in [-0.1, -0.05) is 17.7 Å². The summed E-state index contributed by atoms with van der Waals surface area (Å²) >= 11 is 0. The van der Waals surface area contributed by atoms with Crippen LogP contribution < -0.4 is 9.62 Å². The van der Waals surface area contributed by atoms with Gasteiger partial charge in [0.15, 0.2) is 0 Å². The first-order valence-electron chi connectivity index (χ1n) is 8.15. The molecule has 0 saturated carbocycles. The maximum absolute atomic E-state index is 13.1. The van der Waals surface area contributed by atoms with E-state index >= 15 is 0 Å². The summed E-state index contributed by atoms with van der Waals surface area (Å²) in [6.07, 6.45) is 0. The first kappa shape index (κ1) is 19.0. The molecule has 6 heteroatoms. The zero-order valence-corrected chi connectivity index (χ0v) is 16.1. The fraction of sp³-hybridized carbons (Fsp3) is 0.316. The van der Waals surface area contributed by atoms with Gasteiger partial charge in [-0.15, -0.1) is 0 Å². The van der Waals surface area contributed by atoms with Crippen molar-refractivity contribution in [1.29, 1.82) is 0 Å². The topological polar surface area (TPSA) is 66.5 Å². The van der Waals surface area contributed by atoms with E-state index in [1.165, 1.54) is 23.4 Å². The molecule has 0 saturated heterocycles. The number of anilines is 2. The van der Waals surface area contributed by atoms with Crippen molar-refractivity contribution in [2.24, 2.45) is 0 Å². The van der Waals surface area contributed by atoms with E-state index in [4.69, 9.17) is 0 Å². The monoisotopic (exact) mass is 360 g/mol. The van der Waals surface area contributed by atoms with Gasteiger partial charge >= 0.3 is 0 Å². The predicted octanol–water partition coefficient (Wildman–Crippen LogP) is 3.79. The van der Waals surface area contributed by atoms with E-state index in [0.717, 1.165) is 22.4 Å². The molecule has 134 valence electrons. The van der Waals surface area contributed by atoms with E-state index in [9.17, 15) is 13.2 Å². The minimum absolute atomic E-state index is 0.197. The lowest BCUT2D eigenvalue weighted by atomic mass is 10.1. The summed E-state index contributed by atoms with van der Waals surface area (Å²) in [7, 11) is -3.69. The first-order chi connectivity index (χ1) is 11.7. The average molecular weight is 360 g/mol. The Bertz CT molecular complexity index is 864. The first-order valence-corrected chi connectivity index (χ1v) is 9.59. The lowest BCUT2D eigenvalue weighted by Crippen LogP contribution is -2.32.